The monoisotopic (exact) mass is 238 g/mol. The molecule has 0 fully saturated rings. The van der Waals surface area contributed by atoms with Crippen LogP contribution in [0, 0.1) is 25.2 Å². The minimum absolute atomic E-state index is 0.197. The largest absolute Gasteiger partial charge is 0.390 e. The molecule has 3 nitrogen and oxygen atoms in total. The molecule has 0 saturated heterocycles. The van der Waals surface area contributed by atoms with Crippen molar-refractivity contribution in [1.82, 2.24) is 0 Å². The van der Waals surface area contributed by atoms with Gasteiger partial charge in [-0.25, -0.2) is 0 Å². The molecule has 0 amide bonds. The Morgan fingerprint density at radius 2 is 2.12 bits per heavy atom. The first kappa shape index (κ1) is 12.8. The zero-order valence-electron chi connectivity index (χ0n) is 9.42. The molecule has 1 aromatic rings. The first-order chi connectivity index (χ1) is 7.58. The minimum Gasteiger partial charge on any atom is -0.390 e. The van der Waals surface area contributed by atoms with Gasteiger partial charge >= 0.3 is 0 Å². The second-order valence-corrected chi connectivity index (χ2v) is 4.09. The number of hydrogen-bond acceptors (Lipinski definition) is 3. The average Bonchev–Trinajstić information content (AvgIpc) is 2.27. The molecule has 0 bridgehead atoms. The molecule has 2 N–H and O–H groups in total. The molecular formula is C12H15ClN2O. The van der Waals surface area contributed by atoms with Crippen LogP contribution in [-0.2, 0) is 0 Å². The van der Waals surface area contributed by atoms with Crippen LogP contribution in [0.4, 0.5) is 5.69 Å². The summed E-state index contributed by atoms with van der Waals surface area (Å²) in [6.07, 6.45) is -0.576. The molecule has 1 atom stereocenters. The Morgan fingerprint density at radius 1 is 1.44 bits per heavy atom. The van der Waals surface area contributed by atoms with Gasteiger partial charge in [0, 0.05) is 12.2 Å². The van der Waals surface area contributed by atoms with E-state index in [0.29, 0.717) is 12.1 Å². The van der Waals surface area contributed by atoms with Crippen molar-refractivity contribution in [2.75, 3.05) is 17.7 Å². The Kier molecular flexibility index (Phi) is 4.60. The van der Waals surface area contributed by atoms with Crippen molar-refractivity contribution in [2.45, 2.75) is 20.0 Å². The Morgan fingerprint density at radius 3 is 2.69 bits per heavy atom. The molecule has 0 aliphatic rings. The number of hydrogen-bond donors (Lipinski definition) is 2. The number of alkyl halides is 1. The predicted octanol–water partition coefficient (Wildman–Crippen LogP) is 2.19. The Bertz CT molecular complexity index is 412. The number of anilines is 1. The topological polar surface area (TPSA) is 56.0 Å². The summed E-state index contributed by atoms with van der Waals surface area (Å²) in [6, 6.07) is 5.89. The summed E-state index contributed by atoms with van der Waals surface area (Å²) in [4.78, 5) is 0. The fourth-order valence-electron chi connectivity index (χ4n) is 1.45. The van der Waals surface area contributed by atoms with Crippen LogP contribution in [0.1, 0.15) is 16.7 Å². The predicted molar refractivity (Wildman–Crippen MR) is 65.8 cm³/mol. The number of nitrogens with zero attached hydrogens (tertiary/aromatic N) is 1. The Balaban J connectivity index is 2.84. The number of nitriles is 1. The molecule has 1 rings (SSSR count). The van der Waals surface area contributed by atoms with Crippen LogP contribution in [0.15, 0.2) is 12.1 Å². The van der Waals surface area contributed by atoms with Gasteiger partial charge < -0.3 is 10.4 Å². The maximum Gasteiger partial charge on any atom is 0.0995 e. The summed E-state index contributed by atoms with van der Waals surface area (Å²) >= 11 is 5.50. The van der Waals surface area contributed by atoms with Crippen molar-refractivity contribution < 1.29 is 5.11 Å². The number of aryl methyl sites for hydroxylation is 2. The molecule has 0 aliphatic heterocycles. The summed E-state index contributed by atoms with van der Waals surface area (Å²) in [7, 11) is 0. The van der Waals surface area contributed by atoms with Crippen LogP contribution < -0.4 is 5.32 Å². The van der Waals surface area contributed by atoms with E-state index in [-0.39, 0.29) is 5.88 Å². The van der Waals surface area contributed by atoms with E-state index in [2.05, 4.69) is 11.4 Å². The highest BCUT2D eigenvalue weighted by Gasteiger charge is 2.06. The molecule has 16 heavy (non-hydrogen) atoms. The molecule has 0 aromatic heterocycles. The SMILES string of the molecule is Cc1cc(C)c(NCC(O)CCl)cc1C#N. The summed E-state index contributed by atoms with van der Waals surface area (Å²) in [5.74, 6) is 0.197. The third-order valence-corrected chi connectivity index (χ3v) is 2.75. The lowest BCUT2D eigenvalue weighted by atomic mass is 10.0. The molecule has 4 heteroatoms. The molecular weight excluding hydrogens is 224 g/mol. The van der Waals surface area contributed by atoms with Crippen LogP contribution in [0.2, 0.25) is 0 Å². The van der Waals surface area contributed by atoms with E-state index in [1.807, 2.05) is 19.9 Å². The Hall–Kier alpha value is -1.24. The number of aliphatic hydroxyl groups excluding tert-OH is 1. The number of nitrogens with one attached hydrogen (secondary N) is 1. The van der Waals surface area contributed by atoms with Gasteiger partial charge in [-0.3, -0.25) is 0 Å². The van der Waals surface area contributed by atoms with Crippen molar-refractivity contribution in [1.29, 1.82) is 5.26 Å². The molecule has 0 heterocycles. The number of aliphatic hydroxyl groups is 1. The normalized spacial score (nSPS) is 11.9. The fourth-order valence-corrected chi connectivity index (χ4v) is 1.55. The molecule has 0 spiro atoms. The van der Waals surface area contributed by atoms with Crippen LogP contribution >= 0.6 is 11.6 Å². The molecule has 0 aliphatic carbocycles. The zero-order chi connectivity index (χ0) is 12.1. The van der Waals surface area contributed by atoms with Gasteiger partial charge in [-0.15, -0.1) is 11.6 Å². The quantitative estimate of drug-likeness (QED) is 0.791. The van der Waals surface area contributed by atoms with Gasteiger partial charge in [0.1, 0.15) is 0 Å². The average molecular weight is 239 g/mol. The maximum absolute atomic E-state index is 9.33. The van der Waals surface area contributed by atoms with Gasteiger partial charge in [-0.2, -0.15) is 5.26 Å². The van der Waals surface area contributed by atoms with Crippen molar-refractivity contribution in [3.63, 3.8) is 0 Å². The van der Waals surface area contributed by atoms with Gasteiger partial charge in [0.05, 0.1) is 23.6 Å². The van der Waals surface area contributed by atoms with E-state index < -0.39 is 6.10 Å². The van der Waals surface area contributed by atoms with Crippen LogP contribution in [0.5, 0.6) is 0 Å². The van der Waals surface area contributed by atoms with E-state index in [4.69, 9.17) is 16.9 Å². The van der Waals surface area contributed by atoms with Crippen molar-refractivity contribution >= 4 is 17.3 Å². The van der Waals surface area contributed by atoms with Gasteiger partial charge in [0.2, 0.25) is 0 Å². The molecule has 0 saturated carbocycles. The fraction of sp³-hybridized carbons (Fsp3) is 0.417. The van der Waals surface area contributed by atoms with Crippen molar-refractivity contribution in [3.8, 4) is 6.07 Å². The standard InChI is InChI=1S/C12H15ClN2O/c1-8-3-9(2)12(4-10(8)6-14)15-7-11(16)5-13/h3-4,11,15-16H,5,7H2,1-2H3. The second-order valence-electron chi connectivity index (χ2n) is 3.78. The van der Waals surface area contributed by atoms with Crippen LogP contribution in [0.3, 0.4) is 0 Å². The lowest BCUT2D eigenvalue weighted by Crippen LogP contribution is -2.21. The summed E-state index contributed by atoms with van der Waals surface area (Å²) in [5.41, 5.74) is 3.53. The third-order valence-electron chi connectivity index (χ3n) is 2.40. The van der Waals surface area contributed by atoms with Crippen molar-refractivity contribution in [3.05, 3.63) is 28.8 Å². The first-order valence-electron chi connectivity index (χ1n) is 5.07. The van der Waals surface area contributed by atoms with Crippen LogP contribution in [0.25, 0.3) is 0 Å². The molecule has 86 valence electrons. The maximum atomic E-state index is 9.33. The summed E-state index contributed by atoms with van der Waals surface area (Å²) in [6.45, 7) is 4.25. The van der Waals surface area contributed by atoms with Gasteiger partial charge in [0.15, 0.2) is 0 Å². The lowest BCUT2D eigenvalue weighted by Gasteiger charge is -2.13. The van der Waals surface area contributed by atoms with Gasteiger partial charge in [-0.1, -0.05) is 6.07 Å². The third kappa shape index (κ3) is 3.13. The van der Waals surface area contributed by atoms with E-state index in [9.17, 15) is 5.11 Å². The molecule has 1 unspecified atom stereocenters. The summed E-state index contributed by atoms with van der Waals surface area (Å²) in [5, 5.41) is 21.3. The van der Waals surface area contributed by atoms with Crippen molar-refractivity contribution in [2.24, 2.45) is 0 Å². The zero-order valence-corrected chi connectivity index (χ0v) is 10.2. The van der Waals surface area contributed by atoms with E-state index in [0.717, 1.165) is 16.8 Å². The minimum atomic E-state index is -0.576. The molecule has 0 radical (unpaired) electrons. The van der Waals surface area contributed by atoms with E-state index in [1.165, 1.54) is 0 Å². The lowest BCUT2D eigenvalue weighted by molar-refractivity contribution is 0.211. The summed E-state index contributed by atoms with van der Waals surface area (Å²) < 4.78 is 0. The highest BCUT2D eigenvalue weighted by Crippen LogP contribution is 2.20. The highest BCUT2D eigenvalue weighted by molar-refractivity contribution is 6.18. The van der Waals surface area contributed by atoms with Gasteiger partial charge in [0.25, 0.3) is 0 Å². The smallest absolute Gasteiger partial charge is 0.0995 e. The van der Waals surface area contributed by atoms with E-state index in [1.54, 1.807) is 6.07 Å². The highest BCUT2D eigenvalue weighted by atomic mass is 35.5. The van der Waals surface area contributed by atoms with Gasteiger partial charge in [-0.05, 0) is 31.0 Å². The number of halogens is 1. The van der Waals surface area contributed by atoms with E-state index >= 15 is 0 Å². The number of rotatable bonds is 4. The Labute approximate surface area is 101 Å². The second kappa shape index (κ2) is 5.74. The first-order valence-corrected chi connectivity index (χ1v) is 5.61. The molecule has 1 aromatic carbocycles. The number of benzene rings is 1. The van der Waals surface area contributed by atoms with Crippen LogP contribution in [-0.4, -0.2) is 23.6 Å².